The van der Waals surface area contributed by atoms with Gasteiger partial charge in [-0.15, -0.1) is 0 Å². The molecule has 0 spiro atoms. The highest BCUT2D eigenvalue weighted by molar-refractivity contribution is 5.78. The van der Waals surface area contributed by atoms with Crippen molar-refractivity contribution in [1.29, 1.82) is 0 Å². The maximum atomic E-state index is 12.9. The van der Waals surface area contributed by atoms with E-state index in [1.165, 1.54) is 0 Å². The van der Waals surface area contributed by atoms with Crippen LogP contribution in [0.15, 0.2) is 42.5 Å². The predicted octanol–water partition coefficient (Wildman–Crippen LogP) is 8.86. The van der Waals surface area contributed by atoms with Gasteiger partial charge in [0, 0.05) is 42.2 Å². The molecular formula is C31H39F5O4. The van der Waals surface area contributed by atoms with Gasteiger partial charge in [0.25, 0.3) is 0 Å². The lowest BCUT2D eigenvalue weighted by molar-refractivity contribution is -0.284. The number of carbonyl (C=O) groups is 1. The smallest absolute Gasteiger partial charge is 0.453 e. The fourth-order valence-electron chi connectivity index (χ4n) is 5.73. The number of ether oxygens (including phenoxy) is 1. The van der Waals surface area contributed by atoms with Gasteiger partial charge in [0.05, 0.1) is 6.61 Å². The Hall–Kier alpha value is -2.84. The minimum Gasteiger partial charge on any atom is -0.508 e. The highest BCUT2D eigenvalue weighted by atomic mass is 19.4. The van der Waals surface area contributed by atoms with Crippen LogP contribution >= 0.6 is 0 Å². The Morgan fingerprint density at radius 1 is 0.850 bits per heavy atom. The van der Waals surface area contributed by atoms with Crippen LogP contribution < -0.4 is 4.74 Å². The zero-order valence-electron chi connectivity index (χ0n) is 22.9. The van der Waals surface area contributed by atoms with Crippen molar-refractivity contribution < 1.29 is 41.7 Å². The maximum Gasteiger partial charge on any atom is 0.453 e. The molecule has 1 aliphatic heterocycles. The number of carbonyl (C=O) groups excluding carboxylic acids is 1. The van der Waals surface area contributed by atoms with Crippen molar-refractivity contribution in [2.45, 2.75) is 101 Å². The lowest BCUT2D eigenvalue weighted by Crippen LogP contribution is -2.42. The van der Waals surface area contributed by atoms with E-state index in [4.69, 9.17) is 4.74 Å². The zero-order valence-corrected chi connectivity index (χ0v) is 22.9. The summed E-state index contributed by atoms with van der Waals surface area (Å²) in [5, 5.41) is 19.8. The summed E-state index contributed by atoms with van der Waals surface area (Å²) in [6, 6.07) is 12.6. The Labute approximate surface area is 232 Å². The van der Waals surface area contributed by atoms with Crippen molar-refractivity contribution in [2.75, 3.05) is 6.61 Å². The van der Waals surface area contributed by atoms with Gasteiger partial charge in [-0.2, -0.15) is 22.0 Å². The molecular weight excluding hydrogens is 531 g/mol. The topological polar surface area (TPSA) is 66.8 Å². The van der Waals surface area contributed by atoms with E-state index >= 15 is 0 Å². The summed E-state index contributed by atoms with van der Waals surface area (Å²) in [6.07, 6.45) is -0.227. The summed E-state index contributed by atoms with van der Waals surface area (Å²) >= 11 is 0. The molecule has 2 aromatic carbocycles. The van der Waals surface area contributed by atoms with Crippen molar-refractivity contribution in [1.82, 2.24) is 0 Å². The van der Waals surface area contributed by atoms with Gasteiger partial charge >= 0.3 is 12.1 Å². The minimum absolute atomic E-state index is 0.151. The van der Waals surface area contributed by atoms with Crippen LogP contribution in [-0.2, 0) is 10.2 Å². The van der Waals surface area contributed by atoms with Crippen LogP contribution in [0, 0.1) is 5.92 Å². The standard InChI is InChI=1S/C31H39F5O4/c1-22-21-40-28-20-26(39)16-17-27(28)29(22,23-12-14-25(38)15-13-23)18-8-6-4-2-3-5-7-10-24(37)11-9-19-30(32,33)31(34,35)36/h12-17,20,22,38-39H,2-11,18-19,21H2,1H3. The van der Waals surface area contributed by atoms with Crippen LogP contribution in [0.4, 0.5) is 22.0 Å². The van der Waals surface area contributed by atoms with Gasteiger partial charge in [-0.05, 0) is 43.0 Å². The van der Waals surface area contributed by atoms with E-state index in [2.05, 4.69) is 6.92 Å². The normalized spacial score (nSPS) is 19.2. The average Bonchev–Trinajstić information content (AvgIpc) is 2.88. The molecule has 0 saturated carbocycles. The number of phenolic OH excluding ortho intramolecular Hbond substituents is 2. The Morgan fingerprint density at radius 3 is 2.08 bits per heavy atom. The molecule has 222 valence electrons. The first kappa shape index (κ1) is 31.7. The predicted molar refractivity (Wildman–Crippen MR) is 143 cm³/mol. The molecule has 1 heterocycles. The minimum atomic E-state index is -5.57. The van der Waals surface area contributed by atoms with E-state index in [0.717, 1.165) is 56.1 Å². The van der Waals surface area contributed by atoms with Gasteiger partial charge in [0.2, 0.25) is 0 Å². The van der Waals surface area contributed by atoms with Crippen LogP contribution in [0.3, 0.4) is 0 Å². The molecule has 0 amide bonds. The maximum absolute atomic E-state index is 12.9. The van der Waals surface area contributed by atoms with Crippen LogP contribution in [0.2, 0.25) is 0 Å². The van der Waals surface area contributed by atoms with Crippen LogP contribution in [-0.4, -0.2) is 34.7 Å². The molecule has 2 N–H and O–H groups in total. The van der Waals surface area contributed by atoms with E-state index < -0.39 is 24.9 Å². The summed E-state index contributed by atoms with van der Waals surface area (Å²) in [6.45, 7) is 2.67. The van der Waals surface area contributed by atoms with Crippen molar-refractivity contribution >= 4 is 5.78 Å². The molecule has 0 aromatic heterocycles. The molecule has 0 saturated heterocycles. The van der Waals surface area contributed by atoms with Crippen molar-refractivity contribution in [3.8, 4) is 17.2 Å². The van der Waals surface area contributed by atoms with Gasteiger partial charge < -0.3 is 14.9 Å². The summed E-state index contributed by atoms with van der Waals surface area (Å²) in [5.41, 5.74) is 1.81. The quantitative estimate of drug-likeness (QED) is 0.166. The van der Waals surface area contributed by atoms with Gasteiger partial charge in [-0.25, -0.2) is 0 Å². The number of halogens is 5. The van der Waals surface area contributed by atoms with Crippen molar-refractivity contribution in [2.24, 2.45) is 5.92 Å². The summed E-state index contributed by atoms with van der Waals surface area (Å²) < 4.78 is 68.4. The van der Waals surface area contributed by atoms with Crippen LogP contribution in [0.1, 0.15) is 95.1 Å². The molecule has 0 aliphatic carbocycles. The summed E-state index contributed by atoms with van der Waals surface area (Å²) in [4.78, 5) is 11.8. The monoisotopic (exact) mass is 570 g/mol. The summed E-state index contributed by atoms with van der Waals surface area (Å²) in [7, 11) is 0. The van der Waals surface area contributed by atoms with E-state index in [1.807, 2.05) is 18.2 Å². The van der Waals surface area contributed by atoms with Crippen LogP contribution in [0.25, 0.3) is 0 Å². The van der Waals surface area contributed by atoms with E-state index in [1.54, 1.807) is 24.3 Å². The molecule has 9 heteroatoms. The lowest BCUT2D eigenvalue weighted by atomic mass is 9.62. The van der Waals surface area contributed by atoms with E-state index in [-0.39, 0.29) is 41.5 Å². The van der Waals surface area contributed by atoms with E-state index in [9.17, 15) is 37.0 Å². The van der Waals surface area contributed by atoms with E-state index in [0.29, 0.717) is 18.8 Å². The Kier molecular flexibility index (Phi) is 10.8. The van der Waals surface area contributed by atoms with Crippen molar-refractivity contribution in [3.05, 3.63) is 53.6 Å². The van der Waals surface area contributed by atoms with Crippen LogP contribution in [0.5, 0.6) is 17.2 Å². The number of aromatic hydroxyl groups is 2. The number of alkyl halides is 5. The average molecular weight is 571 g/mol. The first-order chi connectivity index (χ1) is 18.9. The zero-order chi connectivity index (χ0) is 29.4. The molecule has 2 aromatic rings. The SMILES string of the molecule is CC1COc2cc(O)ccc2C1(CCCCCCCCCC(=O)CCCC(F)(F)C(F)(F)F)c1ccc(O)cc1. The first-order valence-corrected chi connectivity index (χ1v) is 14.1. The van der Waals surface area contributed by atoms with Gasteiger partial charge in [-0.3, -0.25) is 4.79 Å². The largest absolute Gasteiger partial charge is 0.508 e. The van der Waals surface area contributed by atoms with Gasteiger partial charge in [-0.1, -0.05) is 63.6 Å². The number of fused-ring (bicyclic) bond motifs is 1. The Morgan fingerprint density at radius 2 is 1.43 bits per heavy atom. The second-order valence-corrected chi connectivity index (χ2v) is 11.0. The highest BCUT2D eigenvalue weighted by Gasteiger charge is 2.56. The second kappa shape index (κ2) is 13.7. The molecule has 1 aliphatic rings. The molecule has 0 bridgehead atoms. The molecule has 0 fully saturated rings. The number of rotatable bonds is 15. The molecule has 2 unspecified atom stereocenters. The molecule has 2 atom stereocenters. The summed E-state index contributed by atoms with van der Waals surface area (Å²) in [5.74, 6) is -3.81. The number of hydrogen-bond acceptors (Lipinski definition) is 4. The Balaban J connectivity index is 1.42. The fraction of sp³-hybridized carbons (Fsp3) is 0.581. The Bertz CT molecular complexity index is 1100. The first-order valence-electron chi connectivity index (χ1n) is 14.1. The highest BCUT2D eigenvalue weighted by Crippen LogP contribution is 2.51. The number of ketones is 1. The molecule has 3 rings (SSSR count). The third kappa shape index (κ3) is 7.88. The number of benzene rings is 2. The number of phenols is 2. The number of hydrogen-bond donors (Lipinski definition) is 2. The molecule has 0 radical (unpaired) electrons. The van der Waals surface area contributed by atoms with Gasteiger partial charge in [0.15, 0.2) is 0 Å². The fourth-order valence-corrected chi connectivity index (χ4v) is 5.73. The lowest BCUT2D eigenvalue weighted by Gasteiger charge is -2.44. The molecule has 4 nitrogen and oxygen atoms in total. The third-order valence-corrected chi connectivity index (χ3v) is 8.05. The third-order valence-electron chi connectivity index (χ3n) is 8.05. The van der Waals surface area contributed by atoms with Gasteiger partial charge in [0.1, 0.15) is 23.0 Å². The second-order valence-electron chi connectivity index (χ2n) is 11.0. The van der Waals surface area contributed by atoms with Crippen molar-refractivity contribution in [3.63, 3.8) is 0 Å². The molecule has 40 heavy (non-hydrogen) atoms. The number of unbranched alkanes of at least 4 members (excludes halogenated alkanes) is 6. The number of Topliss-reactive ketones (excluding diaryl/α,β-unsaturated/α-hetero) is 1.